The van der Waals surface area contributed by atoms with Crippen LogP contribution in [0.1, 0.15) is 59.3 Å². The van der Waals surface area contributed by atoms with E-state index in [0.717, 1.165) is 23.8 Å². The van der Waals surface area contributed by atoms with Crippen LogP contribution >= 0.6 is 11.8 Å². The molecule has 0 aromatic rings. The van der Waals surface area contributed by atoms with E-state index >= 15 is 0 Å². The lowest BCUT2D eigenvalue weighted by Crippen LogP contribution is -2.39. The summed E-state index contributed by atoms with van der Waals surface area (Å²) in [6.45, 7) is 8.03. The molecule has 0 spiro atoms. The molecule has 2 heteroatoms. The predicted molar refractivity (Wildman–Crippen MR) is 76.3 cm³/mol. The van der Waals surface area contributed by atoms with E-state index in [1.54, 1.807) is 0 Å². The molecule has 0 heterocycles. The second-order valence-electron chi connectivity index (χ2n) is 5.42. The van der Waals surface area contributed by atoms with Gasteiger partial charge in [-0.1, -0.05) is 46.5 Å². The molecule has 16 heavy (non-hydrogen) atoms. The highest BCUT2D eigenvalue weighted by Gasteiger charge is 2.22. The van der Waals surface area contributed by atoms with E-state index in [4.69, 9.17) is 0 Å². The molecule has 1 rings (SSSR count). The zero-order valence-corrected chi connectivity index (χ0v) is 12.1. The third-order valence-corrected chi connectivity index (χ3v) is 5.16. The molecule has 0 bridgehead atoms. The Hall–Kier alpha value is 0.310. The molecule has 0 aromatic heterocycles. The molecular weight excluding hydrogens is 214 g/mol. The van der Waals surface area contributed by atoms with Crippen molar-refractivity contribution in [2.75, 3.05) is 12.3 Å². The fourth-order valence-corrected chi connectivity index (χ4v) is 3.89. The first-order valence-corrected chi connectivity index (χ1v) is 8.14. The summed E-state index contributed by atoms with van der Waals surface area (Å²) in [5.41, 5.74) is 0. The van der Waals surface area contributed by atoms with Gasteiger partial charge in [-0.2, -0.15) is 11.8 Å². The van der Waals surface area contributed by atoms with Gasteiger partial charge in [-0.15, -0.1) is 0 Å². The smallest absolute Gasteiger partial charge is 0.0201 e. The highest BCUT2D eigenvalue weighted by molar-refractivity contribution is 7.99. The summed E-state index contributed by atoms with van der Waals surface area (Å²) >= 11 is 2.21. The average molecular weight is 243 g/mol. The Kier molecular flexibility index (Phi) is 7.55. The summed E-state index contributed by atoms with van der Waals surface area (Å²) < 4.78 is 0. The van der Waals surface area contributed by atoms with Gasteiger partial charge in [0.2, 0.25) is 0 Å². The highest BCUT2D eigenvalue weighted by Crippen LogP contribution is 2.28. The summed E-state index contributed by atoms with van der Waals surface area (Å²) in [5, 5.41) is 4.57. The Labute approximate surface area is 106 Å². The third kappa shape index (κ3) is 5.58. The van der Waals surface area contributed by atoms with Gasteiger partial charge in [0.1, 0.15) is 0 Å². The molecule has 96 valence electrons. The van der Waals surface area contributed by atoms with Gasteiger partial charge in [-0.3, -0.25) is 0 Å². The van der Waals surface area contributed by atoms with Gasteiger partial charge in [0.25, 0.3) is 0 Å². The maximum absolute atomic E-state index is 3.71. The fourth-order valence-electron chi connectivity index (χ4n) is 2.46. The lowest BCUT2D eigenvalue weighted by atomic mass is 9.96. The lowest BCUT2D eigenvalue weighted by molar-refractivity contribution is 0.406. The Morgan fingerprint density at radius 2 is 1.81 bits per heavy atom. The molecule has 2 atom stereocenters. The molecule has 0 amide bonds. The first kappa shape index (κ1) is 14.4. The Bertz CT molecular complexity index is 170. The van der Waals surface area contributed by atoms with Crippen molar-refractivity contribution < 1.29 is 0 Å². The van der Waals surface area contributed by atoms with Crippen LogP contribution in [0.15, 0.2) is 0 Å². The van der Waals surface area contributed by atoms with Crippen LogP contribution < -0.4 is 5.32 Å². The first-order chi connectivity index (χ1) is 7.74. The lowest BCUT2D eigenvalue weighted by Gasteiger charge is -2.30. The van der Waals surface area contributed by atoms with Gasteiger partial charge in [0.15, 0.2) is 0 Å². The SMILES string of the molecule is CCNC1CCCCCCC1SCC(C)C. The summed E-state index contributed by atoms with van der Waals surface area (Å²) in [7, 11) is 0. The zero-order chi connectivity index (χ0) is 11.8. The zero-order valence-electron chi connectivity index (χ0n) is 11.3. The van der Waals surface area contributed by atoms with Gasteiger partial charge in [-0.05, 0) is 31.1 Å². The molecule has 0 aromatic carbocycles. The van der Waals surface area contributed by atoms with Gasteiger partial charge in [0, 0.05) is 11.3 Å². The molecule has 1 aliphatic carbocycles. The van der Waals surface area contributed by atoms with Crippen molar-refractivity contribution in [2.45, 2.75) is 70.6 Å². The number of thioether (sulfide) groups is 1. The second-order valence-corrected chi connectivity index (χ2v) is 6.69. The van der Waals surface area contributed by atoms with Gasteiger partial charge in [0.05, 0.1) is 0 Å². The van der Waals surface area contributed by atoms with Gasteiger partial charge in [-0.25, -0.2) is 0 Å². The van der Waals surface area contributed by atoms with E-state index in [1.165, 1.54) is 44.3 Å². The minimum Gasteiger partial charge on any atom is -0.313 e. The maximum Gasteiger partial charge on any atom is 0.0201 e. The number of nitrogens with one attached hydrogen (secondary N) is 1. The van der Waals surface area contributed by atoms with E-state index in [2.05, 4.69) is 37.8 Å². The monoisotopic (exact) mass is 243 g/mol. The molecule has 2 unspecified atom stereocenters. The van der Waals surface area contributed by atoms with Crippen LogP contribution in [0, 0.1) is 5.92 Å². The minimum absolute atomic E-state index is 0.772. The molecule has 0 saturated heterocycles. The molecule has 1 aliphatic rings. The second kappa shape index (κ2) is 8.41. The number of rotatable bonds is 5. The van der Waals surface area contributed by atoms with Gasteiger partial charge >= 0.3 is 0 Å². The van der Waals surface area contributed by atoms with E-state index in [-0.39, 0.29) is 0 Å². The molecule has 1 nitrogen and oxygen atoms in total. The van der Waals surface area contributed by atoms with Crippen LogP contribution in [-0.4, -0.2) is 23.6 Å². The van der Waals surface area contributed by atoms with E-state index in [1.807, 2.05) is 0 Å². The third-order valence-electron chi connectivity index (χ3n) is 3.31. The molecule has 0 radical (unpaired) electrons. The Balaban J connectivity index is 2.42. The van der Waals surface area contributed by atoms with Crippen LogP contribution in [0.3, 0.4) is 0 Å². The van der Waals surface area contributed by atoms with Crippen LogP contribution in [0.2, 0.25) is 0 Å². The minimum atomic E-state index is 0.772. The maximum atomic E-state index is 3.71. The van der Waals surface area contributed by atoms with Crippen molar-refractivity contribution >= 4 is 11.8 Å². The van der Waals surface area contributed by atoms with Crippen LogP contribution in [0.25, 0.3) is 0 Å². The van der Waals surface area contributed by atoms with E-state index < -0.39 is 0 Å². The molecule has 1 N–H and O–H groups in total. The van der Waals surface area contributed by atoms with Crippen molar-refractivity contribution in [1.82, 2.24) is 5.32 Å². The average Bonchev–Trinajstić information content (AvgIpc) is 2.21. The fraction of sp³-hybridized carbons (Fsp3) is 1.00. The van der Waals surface area contributed by atoms with E-state index in [0.29, 0.717) is 0 Å². The summed E-state index contributed by atoms with van der Waals surface area (Å²) in [4.78, 5) is 0. The standard InChI is InChI=1S/C14H29NS/c1-4-15-13-9-7-5-6-8-10-14(13)16-11-12(2)3/h12-15H,4-11H2,1-3H3. The summed E-state index contributed by atoms with van der Waals surface area (Å²) in [6.07, 6.45) is 8.59. The predicted octanol–water partition coefficient (Wildman–Crippen LogP) is 4.08. The van der Waals surface area contributed by atoms with Crippen LogP contribution in [0.4, 0.5) is 0 Å². The molecule has 0 aliphatic heterocycles. The molecular formula is C14H29NS. The topological polar surface area (TPSA) is 12.0 Å². The van der Waals surface area contributed by atoms with Crippen molar-refractivity contribution in [2.24, 2.45) is 5.92 Å². The first-order valence-electron chi connectivity index (χ1n) is 7.09. The summed E-state index contributed by atoms with van der Waals surface area (Å²) in [6, 6.07) is 0.772. The van der Waals surface area contributed by atoms with Crippen molar-refractivity contribution in [1.29, 1.82) is 0 Å². The van der Waals surface area contributed by atoms with Crippen molar-refractivity contribution in [3.05, 3.63) is 0 Å². The molecule has 1 saturated carbocycles. The highest BCUT2D eigenvalue weighted by atomic mass is 32.2. The van der Waals surface area contributed by atoms with Gasteiger partial charge < -0.3 is 5.32 Å². The Morgan fingerprint density at radius 3 is 2.44 bits per heavy atom. The number of hydrogen-bond donors (Lipinski definition) is 1. The van der Waals surface area contributed by atoms with Crippen molar-refractivity contribution in [3.63, 3.8) is 0 Å². The van der Waals surface area contributed by atoms with Crippen LogP contribution in [0.5, 0.6) is 0 Å². The van der Waals surface area contributed by atoms with Crippen LogP contribution in [-0.2, 0) is 0 Å². The van der Waals surface area contributed by atoms with E-state index in [9.17, 15) is 0 Å². The Morgan fingerprint density at radius 1 is 1.12 bits per heavy atom. The largest absolute Gasteiger partial charge is 0.313 e. The quantitative estimate of drug-likeness (QED) is 0.781. The normalized spacial score (nSPS) is 27.8. The molecule has 1 fully saturated rings. The number of hydrogen-bond acceptors (Lipinski definition) is 2. The summed E-state index contributed by atoms with van der Waals surface area (Å²) in [5.74, 6) is 2.16. The van der Waals surface area contributed by atoms with Crippen molar-refractivity contribution in [3.8, 4) is 0 Å².